The summed E-state index contributed by atoms with van der Waals surface area (Å²) in [5.41, 5.74) is 1.65. The number of nitriles is 1. The minimum Gasteiger partial charge on any atom is -0.335 e. The second-order valence-electron chi connectivity index (χ2n) is 4.46. The van der Waals surface area contributed by atoms with Crippen molar-refractivity contribution >= 4 is 5.91 Å². The molecule has 1 amide bonds. The van der Waals surface area contributed by atoms with Crippen LogP contribution in [0.25, 0.3) is 0 Å². The van der Waals surface area contributed by atoms with E-state index in [1.807, 2.05) is 19.1 Å². The van der Waals surface area contributed by atoms with Gasteiger partial charge >= 0.3 is 0 Å². The summed E-state index contributed by atoms with van der Waals surface area (Å²) in [5.74, 6) is -0.859. The predicted octanol–water partition coefficient (Wildman–Crippen LogP) is 2.75. The van der Waals surface area contributed by atoms with Gasteiger partial charge in [-0.3, -0.25) is 4.79 Å². The molecule has 5 heteroatoms. The van der Waals surface area contributed by atoms with Crippen molar-refractivity contribution < 1.29 is 9.18 Å². The van der Waals surface area contributed by atoms with Gasteiger partial charge in [-0.05, 0) is 30.7 Å². The molecule has 0 saturated heterocycles. The molecule has 0 aliphatic heterocycles. The van der Waals surface area contributed by atoms with E-state index in [0.717, 1.165) is 11.6 Å². The molecule has 4 nitrogen and oxygen atoms in total. The third-order valence-corrected chi connectivity index (χ3v) is 3.14. The average Bonchev–Trinajstić information content (AvgIpc) is 2.53. The van der Waals surface area contributed by atoms with E-state index in [4.69, 9.17) is 5.26 Å². The van der Waals surface area contributed by atoms with Crippen LogP contribution in [0.4, 0.5) is 4.39 Å². The fraction of sp³-hybridized carbons (Fsp3) is 0.188. The molecule has 2 rings (SSSR count). The summed E-state index contributed by atoms with van der Waals surface area (Å²) >= 11 is 0. The number of pyridine rings is 1. The van der Waals surface area contributed by atoms with Gasteiger partial charge in [-0.25, -0.2) is 4.98 Å². The van der Waals surface area contributed by atoms with Crippen LogP contribution in [-0.2, 0) is 6.54 Å². The van der Waals surface area contributed by atoms with Gasteiger partial charge in [0.25, 0.3) is 5.91 Å². The first-order valence-electron chi connectivity index (χ1n) is 6.54. The smallest absolute Gasteiger partial charge is 0.255 e. The third kappa shape index (κ3) is 3.42. The molecule has 0 aliphatic carbocycles. The van der Waals surface area contributed by atoms with Gasteiger partial charge in [-0.1, -0.05) is 18.2 Å². The molecule has 1 aromatic carbocycles. The molecule has 2 aromatic rings. The van der Waals surface area contributed by atoms with E-state index in [1.54, 1.807) is 17.0 Å². The van der Waals surface area contributed by atoms with E-state index < -0.39 is 5.95 Å². The third-order valence-electron chi connectivity index (χ3n) is 3.14. The lowest BCUT2D eigenvalue weighted by Gasteiger charge is -2.21. The van der Waals surface area contributed by atoms with Crippen molar-refractivity contribution in [1.29, 1.82) is 5.26 Å². The maximum Gasteiger partial charge on any atom is 0.255 e. The van der Waals surface area contributed by atoms with E-state index in [1.165, 1.54) is 12.3 Å². The normalized spacial score (nSPS) is 9.95. The summed E-state index contributed by atoms with van der Waals surface area (Å²) in [6.07, 6.45) is 1.22. The summed E-state index contributed by atoms with van der Waals surface area (Å²) < 4.78 is 12.8. The van der Waals surface area contributed by atoms with Crippen LogP contribution in [0.5, 0.6) is 0 Å². The Labute approximate surface area is 122 Å². The Morgan fingerprint density at radius 3 is 2.71 bits per heavy atom. The van der Waals surface area contributed by atoms with Gasteiger partial charge in [0.15, 0.2) is 0 Å². The molecular weight excluding hydrogens is 269 g/mol. The first-order valence-corrected chi connectivity index (χ1v) is 6.54. The molecule has 0 saturated carbocycles. The number of hydrogen-bond donors (Lipinski definition) is 0. The van der Waals surface area contributed by atoms with E-state index in [2.05, 4.69) is 11.1 Å². The number of benzene rings is 1. The average molecular weight is 283 g/mol. The van der Waals surface area contributed by atoms with Crippen LogP contribution in [0.2, 0.25) is 0 Å². The second-order valence-corrected chi connectivity index (χ2v) is 4.46. The summed E-state index contributed by atoms with van der Waals surface area (Å²) in [7, 11) is 0. The molecule has 0 spiro atoms. The number of halogens is 1. The number of nitrogens with zero attached hydrogens (tertiary/aromatic N) is 3. The van der Waals surface area contributed by atoms with Crippen LogP contribution in [0.1, 0.15) is 28.4 Å². The monoisotopic (exact) mass is 283 g/mol. The quantitative estimate of drug-likeness (QED) is 0.811. The van der Waals surface area contributed by atoms with Crippen LogP contribution < -0.4 is 0 Å². The molecule has 0 fully saturated rings. The molecule has 0 atom stereocenters. The Bertz CT molecular complexity index is 677. The van der Waals surface area contributed by atoms with Crippen molar-refractivity contribution in [3.05, 3.63) is 65.2 Å². The lowest BCUT2D eigenvalue weighted by Crippen LogP contribution is -2.30. The Balaban J connectivity index is 2.22. The van der Waals surface area contributed by atoms with Gasteiger partial charge in [0.2, 0.25) is 5.95 Å². The molecule has 1 aromatic heterocycles. The van der Waals surface area contributed by atoms with Gasteiger partial charge in [-0.2, -0.15) is 9.65 Å². The Morgan fingerprint density at radius 1 is 1.33 bits per heavy atom. The van der Waals surface area contributed by atoms with Gasteiger partial charge < -0.3 is 4.90 Å². The minimum absolute atomic E-state index is 0.238. The maximum atomic E-state index is 12.8. The molecule has 0 unspecified atom stereocenters. The van der Waals surface area contributed by atoms with Crippen LogP contribution >= 0.6 is 0 Å². The summed E-state index contributed by atoms with van der Waals surface area (Å²) in [6, 6.07) is 11.8. The zero-order valence-corrected chi connectivity index (χ0v) is 11.6. The SMILES string of the molecule is CCN(Cc1ccccc1C#N)C(=O)c1ccc(F)nc1. The molecule has 106 valence electrons. The van der Waals surface area contributed by atoms with Crippen LogP contribution in [0.15, 0.2) is 42.6 Å². The summed E-state index contributed by atoms with van der Waals surface area (Å²) in [6.45, 7) is 2.66. The highest BCUT2D eigenvalue weighted by Gasteiger charge is 2.16. The number of rotatable bonds is 4. The van der Waals surface area contributed by atoms with Gasteiger partial charge in [0.05, 0.1) is 17.2 Å². The van der Waals surface area contributed by atoms with Crippen molar-refractivity contribution in [2.45, 2.75) is 13.5 Å². The highest BCUT2D eigenvalue weighted by Crippen LogP contribution is 2.13. The van der Waals surface area contributed by atoms with Crippen molar-refractivity contribution in [1.82, 2.24) is 9.88 Å². The molecule has 0 aliphatic rings. The standard InChI is InChI=1S/C16H14FN3O/c1-2-20(11-14-6-4-3-5-12(14)9-18)16(21)13-7-8-15(17)19-10-13/h3-8,10H,2,11H2,1H3. The topological polar surface area (TPSA) is 57.0 Å². The van der Waals surface area contributed by atoms with Crippen molar-refractivity contribution in [2.75, 3.05) is 6.54 Å². The molecule has 0 bridgehead atoms. The van der Waals surface area contributed by atoms with Gasteiger partial charge in [0.1, 0.15) is 0 Å². The maximum absolute atomic E-state index is 12.8. The highest BCUT2D eigenvalue weighted by molar-refractivity contribution is 5.93. The van der Waals surface area contributed by atoms with Gasteiger partial charge in [0, 0.05) is 19.3 Å². The van der Waals surface area contributed by atoms with Crippen LogP contribution in [-0.4, -0.2) is 22.3 Å². The molecule has 21 heavy (non-hydrogen) atoms. The van der Waals surface area contributed by atoms with Crippen LogP contribution in [0, 0.1) is 17.3 Å². The number of aromatic nitrogens is 1. The number of carbonyl (C=O) groups is 1. The molecular formula is C16H14FN3O. The van der Waals surface area contributed by atoms with E-state index in [9.17, 15) is 9.18 Å². The first kappa shape index (κ1) is 14.7. The Kier molecular flexibility index (Phi) is 4.62. The summed E-state index contributed by atoms with van der Waals surface area (Å²) in [4.78, 5) is 17.5. The first-order chi connectivity index (χ1) is 10.2. The van der Waals surface area contributed by atoms with Crippen molar-refractivity contribution in [2.24, 2.45) is 0 Å². The molecule has 1 heterocycles. The Hall–Kier alpha value is -2.74. The van der Waals surface area contributed by atoms with E-state index in [-0.39, 0.29) is 5.91 Å². The largest absolute Gasteiger partial charge is 0.335 e. The number of hydrogen-bond acceptors (Lipinski definition) is 3. The zero-order valence-electron chi connectivity index (χ0n) is 11.6. The fourth-order valence-electron chi connectivity index (χ4n) is 1.98. The number of amides is 1. The van der Waals surface area contributed by atoms with Crippen molar-refractivity contribution in [3.63, 3.8) is 0 Å². The molecule has 0 radical (unpaired) electrons. The van der Waals surface area contributed by atoms with E-state index >= 15 is 0 Å². The molecule has 0 N–H and O–H groups in total. The highest BCUT2D eigenvalue weighted by atomic mass is 19.1. The van der Waals surface area contributed by atoms with E-state index in [0.29, 0.717) is 24.2 Å². The predicted molar refractivity (Wildman–Crippen MR) is 75.8 cm³/mol. The Morgan fingerprint density at radius 2 is 2.10 bits per heavy atom. The zero-order chi connectivity index (χ0) is 15.2. The summed E-state index contributed by atoms with van der Waals surface area (Å²) in [5, 5.41) is 9.09. The van der Waals surface area contributed by atoms with Crippen molar-refractivity contribution in [3.8, 4) is 6.07 Å². The lowest BCUT2D eigenvalue weighted by molar-refractivity contribution is 0.0752. The lowest BCUT2D eigenvalue weighted by atomic mass is 10.1. The van der Waals surface area contributed by atoms with Gasteiger partial charge in [-0.15, -0.1) is 0 Å². The fourth-order valence-corrected chi connectivity index (χ4v) is 1.98. The second kappa shape index (κ2) is 6.62. The number of carbonyl (C=O) groups excluding carboxylic acids is 1. The minimum atomic E-state index is -0.621. The van der Waals surface area contributed by atoms with Crippen LogP contribution in [0.3, 0.4) is 0 Å².